The molecule has 1 N–H and O–H groups in total. The molecular weight excluding hydrogens is 318 g/mol. The van der Waals surface area contributed by atoms with Crippen LogP contribution in [0.3, 0.4) is 0 Å². The van der Waals surface area contributed by atoms with Gasteiger partial charge in [0, 0.05) is 24.3 Å². The van der Waals surface area contributed by atoms with Crippen LogP contribution >= 0.6 is 0 Å². The van der Waals surface area contributed by atoms with Gasteiger partial charge in [-0.2, -0.15) is 0 Å². The number of hydrogen-bond acceptors (Lipinski definition) is 6. The molecule has 1 amide bonds. The Hall–Kier alpha value is -2.44. The molecule has 0 bridgehead atoms. The second kappa shape index (κ2) is 7.63. The van der Waals surface area contributed by atoms with Crippen molar-refractivity contribution in [3.05, 3.63) is 34.5 Å². The minimum Gasteiger partial charge on any atom is -0.361 e. The zero-order valence-corrected chi connectivity index (χ0v) is 15.1. The number of amides is 1. The fourth-order valence-corrected chi connectivity index (χ4v) is 3.11. The van der Waals surface area contributed by atoms with Crippen molar-refractivity contribution in [3.63, 3.8) is 0 Å². The van der Waals surface area contributed by atoms with Crippen LogP contribution in [0.2, 0.25) is 0 Å². The second-order valence-electron chi connectivity index (χ2n) is 6.60. The summed E-state index contributed by atoms with van der Waals surface area (Å²) >= 11 is 0. The van der Waals surface area contributed by atoms with Crippen LogP contribution in [-0.4, -0.2) is 34.1 Å². The van der Waals surface area contributed by atoms with Gasteiger partial charge in [0.25, 0.3) is 0 Å². The molecule has 7 nitrogen and oxygen atoms in total. The highest BCUT2D eigenvalue weighted by atomic mass is 16.5. The summed E-state index contributed by atoms with van der Waals surface area (Å²) in [5, 5.41) is 6.81. The fraction of sp³-hybridized carbons (Fsp3) is 0.556. The van der Waals surface area contributed by atoms with Gasteiger partial charge in [-0.15, -0.1) is 0 Å². The van der Waals surface area contributed by atoms with E-state index in [-0.39, 0.29) is 12.3 Å². The maximum Gasteiger partial charge on any atom is 0.225 e. The van der Waals surface area contributed by atoms with E-state index in [1.54, 1.807) is 0 Å². The molecule has 1 saturated heterocycles. The number of piperidine rings is 1. The molecule has 2 aromatic heterocycles. The van der Waals surface area contributed by atoms with E-state index in [0.717, 1.165) is 41.7 Å². The average molecular weight is 343 g/mol. The number of hydrogen-bond donors (Lipinski definition) is 1. The largest absolute Gasteiger partial charge is 0.361 e. The van der Waals surface area contributed by atoms with Crippen molar-refractivity contribution in [2.45, 2.75) is 53.0 Å². The summed E-state index contributed by atoms with van der Waals surface area (Å²) in [6.07, 6.45) is 3.90. The predicted molar refractivity (Wildman–Crippen MR) is 94.4 cm³/mol. The minimum atomic E-state index is -0.0646. The average Bonchev–Trinajstić information content (AvgIpc) is 2.92. The van der Waals surface area contributed by atoms with E-state index < -0.39 is 0 Å². The Morgan fingerprint density at radius 3 is 2.64 bits per heavy atom. The topological polar surface area (TPSA) is 84.2 Å². The Bertz CT molecular complexity index is 730. The quantitative estimate of drug-likeness (QED) is 0.896. The molecule has 3 heterocycles. The Kier molecular flexibility index (Phi) is 5.31. The number of nitrogens with one attached hydrogen (secondary N) is 1. The highest BCUT2D eigenvalue weighted by Gasteiger charge is 2.16. The number of aryl methyl sites for hydroxylation is 3. The number of carbonyl (C=O) groups excluding carboxylic acids is 1. The molecule has 3 rings (SSSR count). The van der Waals surface area contributed by atoms with Crippen molar-refractivity contribution in [2.75, 3.05) is 18.0 Å². The van der Waals surface area contributed by atoms with Gasteiger partial charge in [0.05, 0.1) is 24.4 Å². The molecule has 0 aliphatic carbocycles. The second-order valence-corrected chi connectivity index (χ2v) is 6.60. The van der Waals surface area contributed by atoms with Gasteiger partial charge in [0.15, 0.2) is 0 Å². The predicted octanol–water partition coefficient (Wildman–Crippen LogP) is 2.24. The Balaban J connectivity index is 1.62. The molecule has 0 atom stereocenters. The number of carbonyl (C=O) groups is 1. The van der Waals surface area contributed by atoms with Crippen LogP contribution in [0, 0.1) is 20.8 Å². The van der Waals surface area contributed by atoms with E-state index in [0.29, 0.717) is 12.3 Å². The van der Waals surface area contributed by atoms with Crippen LogP contribution in [0.25, 0.3) is 0 Å². The zero-order chi connectivity index (χ0) is 17.8. The molecule has 1 aliphatic heterocycles. The number of anilines is 1. The third kappa shape index (κ3) is 4.35. The molecular formula is C18H25N5O2. The van der Waals surface area contributed by atoms with Gasteiger partial charge >= 0.3 is 0 Å². The summed E-state index contributed by atoms with van der Waals surface area (Å²) in [4.78, 5) is 23.6. The van der Waals surface area contributed by atoms with Crippen molar-refractivity contribution < 1.29 is 9.32 Å². The first-order valence-corrected chi connectivity index (χ1v) is 8.81. The molecule has 1 aliphatic rings. The Morgan fingerprint density at radius 1 is 1.20 bits per heavy atom. The van der Waals surface area contributed by atoms with Crippen LogP contribution in [0.1, 0.15) is 47.7 Å². The molecule has 7 heteroatoms. The molecule has 2 aromatic rings. The first kappa shape index (κ1) is 17.4. The van der Waals surface area contributed by atoms with E-state index in [1.165, 1.54) is 19.3 Å². The minimum absolute atomic E-state index is 0.0646. The van der Waals surface area contributed by atoms with Crippen molar-refractivity contribution in [1.82, 2.24) is 20.4 Å². The standard InChI is InChI=1S/C18H25N5O2/c1-12-9-15(21-18(20-12)23-7-5-4-6-8-23)11-19-17(24)10-16-13(2)22-25-14(16)3/h9H,4-8,10-11H2,1-3H3,(H,19,24). The SMILES string of the molecule is Cc1cc(CNC(=O)Cc2c(C)noc2C)nc(N2CCCCC2)n1. The smallest absolute Gasteiger partial charge is 0.225 e. The summed E-state index contributed by atoms with van der Waals surface area (Å²) in [7, 11) is 0. The normalized spacial score (nSPS) is 14.6. The molecule has 134 valence electrons. The molecule has 0 spiro atoms. The van der Waals surface area contributed by atoms with Crippen molar-refractivity contribution in [2.24, 2.45) is 0 Å². The van der Waals surface area contributed by atoms with E-state index in [1.807, 2.05) is 26.8 Å². The first-order chi connectivity index (χ1) is 12.0. The summed E-state index contributed by atoms with van der Waals surface area (Å²) in [6.45, 7) is 8.03. The van der Waals surface area contributed by atoms with Crippen LogP contribution in [0.4, 0.5) is 5.95 Å². The van der Waals surface area contributed by atoms with Crippen molar-refractivity contribution in [3.8, 4) is 0 Å². The molecule has 25 heavy (non-hydrogen) atoms. The van der Waals surface area contributed by atoms with Gasteiger partial charge in [0.1, 0.15) is 5.76 Å². The highest BCUT2D eigenvalue weighted by molar-refractivity contribution is 5.78. The number of rotatable bonds is 5. The summed E-state index contributed by atoms with van der Waals surface area (Å²) in [5.41, 5.74) is 3.37. The lowest BCUT2D eigenvalue weighted by atomic mass is 10.1. The monoisotopic (exact) mass is 343 g/mol. The van der Waals surface area contributed by atoms with Crippen LogP contribution in [0.5, 0.6) is 0 Å². The van der Waals surface area contributed by atoms with Crippen LogP contribution in [0.15, 0.2) is 10.6 Å². The molecule has 1 fully saturated rings. The lowest BCUT2D eigenvalue weighted by Gasteiger charge is -2.27. The summed E-state index contributed by atoms with van der Waals surface area (Å²) < 4.78 is 5.10. The highest BCUT2D eigenvalue weighted by Crippen LogP contribution is 2.17. The third-order valence-corrected chi connectivity index (χ3v) is 4.52. The lowest BCUT2D eigenvalue weighted by Crippen LogP contribution is -2.32. The van der Waals surface area contributed by atoms with Crippen LogP contribution in [-0.2, 0) is 17.8 Å². The third-order valence-electron chi connectivity index (χ3n) is 4.52. The lowest BCUT2D eigenvalue weighted by molar-refractivity contribution is -0.120. The fourth-order valence-electron chi connectivity index (χ4n) is 3.11. The van der Waals surface area contributed by atoms with E-state index in [4.69, 9.17) is 4.52 Å². The summed E-state index contributed by atoms with van der Waals surface area (Å²) in [6, 6.07) is 1.92. The van der Waals surface area contributed by atoms with Gasteiger partial charge in [-0.1, -0.05) is 5.16 Å². The molecule has 0 saturated carbocycles. The maximum absolute atomic E-state index is 12.2. The molecule has 0 unspecified atom stereocenters. The molecule has 0 radical (unpaired) electrons. The van der Waals surface area contributed by atoms with Crippen molar-refractivity contribution in [1.29, 1.82) is 0 Å². The summed E-state index contributed by atoms with van der Waals surface area (Å²) in [5.74, 6) is 1.40. The van der Waals surface area contributed by atoms with Gasteiger partial charge in [-0.25, -0.2) is 9.97 Å². The zero-order valence-electron chi connectivity index (χ0n) is 15.1. The van der Waals surface area contributed by atoms with Gasteiger partial charge < -0.3 is 14.7 Å². The maximum atomic E-state index is 12.2. The van der Waals surface area contributed by atoms with E-state index in [9.17, 15) is 4.79 Å². The molecule has 0 aromatic carbocycles. The first-order valence-electron chi connectivity index (χ1n) is 8.81. The van der Waals surface area contributed by atoms with Gasteiger partial charge in [0.2, 0.25) is 11.9 Å². The Morgan fingerprint density at radius 2 is 1.96 bits per heavy atom. The van der Waals surface area contributed by atoms with Crippen molar-refractivity contribution >= 4 is 11.9 Å². The van der Waals surface area contributed by atoms with E-state index >= 15 is 0 Å². The number of nitrogens with zero attached hydrogens (tertiary/aromatic N) is 4. The Labute approximate surface area is 147 Å². The van der Waals surface area contributed by atoms with Crippen LogP contribution < -0.4 is 10.2 Å². The van der Waals surface area contributed by atoms with Gasteiger partial charge in [-0.05, 0) is 46.1 Å². The number of aromatic nitrogens is 3. The van der Waals surface area contributed by atoms with Gasteiger partial charge in [-0.3, -0.25) is 4.79 Å². The van der Waals surface area contributed by atoms with E-state index in [2.05, 4.69) is 25.3 Å².